The highest BCUT2D eigenvalue weighted by Crippen LogP contribution is 2.31. The van der Waals surface area contributed by atoms with Gasteiger partial charge in [0.1, 0.15) is 0 Å². The fraction of sp³-hybridized carbons (Fsp3) is 0.417. The molecule has 1 amide bonds. The maximum atomic E-state index is 12.0. The number of halogens is 2. The van der Waals surface area contributed by atoms with Crippen LogP contribution in [0.4, 0.5) is 5.69 Å². The highest BCUT2D eigenvalue weighted by atomic mass is 79.9. The second kappa shape index (κ2) is 6.12. The number of rotatable bonds is 2. The van der Waals surface area contributed by atoms with Crippen molar-refractivity contribution in [2.45, 2.75) is 24.5 Å². The van der Waals surface area contributed by atoms with E-state index in [9.17, 15) is 4.79 Å². The lowest BCUT2D eigenvalue weighted by Crippen LogP contribution is -2.27. The molecule has 0 bridgehead atoms. The average molecular weight is 335 g/mol. The number of anilines is 1. The van der Waals surface area contributed by atoms with Crippen LogP contribution in [0.15, 0.2) is 22.7 Å². The molecular weight excluding hydrogens is 322 g/mol. The van der Waals surface area contributed by atoms with Gasteiger partial charge < -0.3 is 5.32 Å². The molecule has 1 unspecified atom stereocenters. The van der Waals surface area contributed by atoms with Crippen molar-refractivity contribution in [3.63, 3.8) is 0 Å². The van der Waals surface area contributed by atoms with E-state index in [4.69, 9.17) is 11.6 Å². The molecule has 2 rings (SSSR count). The molecule has 1 aromatic rings. The molecule has 1 fully saturated rings. The Balaban J connectivity index is 2.04. The molecule has 0 aliphatic carbocycles. The molecule has 1 aliphatic rings. The van der Waals surface area contributed by atoms with E-state index in [2.05, 4.69) is 21.2 Å². The summed E-state index contributed by atoms with van der Waals surface area (Å²) >= 11 is 11.1. The van der Waals surface area contributed by atoms with E-state index in [1.54, 1.807) is 17.8 Å². The third-order valence-electron chi connectivity index (χ3n) is 2.68. The number of amides is 1. The third kappa shape index (κ3) is 3.39. The number of carbonyl (C=O) groups is 1. The van der Waals surface area contributed by atoms with Crippen LogP contribution in [0.2, 0.25) is 5.02 Å². The van der Waals surface area contributed by atoms with Crippen LogP contribution in [0.3, 0.4) is 0 Å². The molecule has 2 nitrogen and oxygen atoms in total. The Labute approximate surface area is 119 Å². The zero-order valence-corrected chi connectivity index (χ0v) is 12.4. The topological polar surface area (TPSA) is 29.1 Å². The molecule has 1 atom stereocenters. The Kier molecular flexibility index (Phi) is 4.77. The SMILES string of the molecule is O=C(Nc1cccc(Cl)c1Br)C1CCCCS1. The minimum absolute atomic E-state index is 0.0784. The van der Waals surface area contributed by atoms with Gasteiger partial charge in [-0.3, -0.25) is 4.79 Å². The van der Waals surface area contributed by atoms with E-state index in [1.807, 2.05) is 12.1 Å². The summed E-state index contributed by atoms with van der Waals surface area (Å²) < 4.78 is 0.746. The molecule has 0 aromatic heterocycles. The molecule has 1 N–H and O–H groups in total. The van der Waals surface area contributed by atoms with Crippen LogP contribution in [-0.4, -0.2) is 16.9 Å². The van der Waals surface area contributed by atoms with Crippen molar-refractivity contribution in [1.29, 1.82) is 0 Å². The summed E-state index contributed by atoms with van der Waals surface area (Å²) in [5.41, 5.74) is 0.744. The summed E-state index contributed by atoms with van der Waals surface area (Å²) in [7, 11) is 0. The zero-order valence-electron chi connectivity index (χ0n) is 9.21. The largest absolute Gasteiger partial charge is 0.324 e. The lowest BCUT2D eigenvalue weighted by atomic mass is 10.2. The van der Waals surface area contributed by atoms with E-state index < -0.39 is 0 Å². The summed E-state index contributed by atoms with van der Waals surface area (Å²) in [6.45, 7) is 0. The Morgan fingerprint density at radius 1 is 1.47 bits per heavy atom. The van der Waals surface area contributed by atoms with Gasteiger partial charge in [-0.1, -0.05) is 24.1 Å². The Morgan fingerprint density at radius 2 is 2.29 bits per heavy atom. The molecule has 1 heterocycles. The average Bonchev–Trinajstić information content (AvgIpc) is 2.36. The van der Waals surface area contributed by atoms with Crippen molar-refractivity contribution in [2.75, 3.05) is 11.1 Å². The quantitative estimate of drug-likeness (QED) is 0.872. The first-order chi connectivity index (χ1) is 8.18. The van der Waals surface area contributed by atoms with Gasteiger partial charge in [0, 0.05) is 0 Å². The zero-order chi connectivity index (χ0) is 12.3. The molecule has 1 saturated heterocycles. The van der Waals surface area contributed by atoms with Crippen LogP contribution in [0.1, 0.15) is 19.3 Å². The van der Waals surface area contributed by atoms with E-state index in [0.29, 0.717) is 5.02 Å². The number of thioether (sulfide) groups is 1. The van der Waals surface area contributed by atoms with Gasteiger partial charge in [-0.25, -0.2) is 0 Å². The first kappa shape index (κ1) is 13.2. The first-order valence-corrected chi connectivity index (χ1v) is 7.77. The Morgan fingerprint density at radius 3 is 3.00 bits per heavy atom. The lowest BCUT2D eigenvalue weighted by molar-refractivity contribution is -0.115. The van der Waals surface area contributed by atoms with Crippen molar-refractivity contribution in [3.05, 3.63) is 27.7 Å². The van der Waals surface area contributed by atoms with E-state index in [0.717, 1.165) is 28.8 Å². The van der Waals surface area contributed by atoms with Crippen molar-refractivity contribution >= 4 is 50.9 Å². The second-order valence-corrected chi connectivity index (χ2v) is 6.46. The fourth-order valence-electron chi connectivity index (χ4n) is 1.76. The smallest absolute Gasteiger partial charge is 0.237 e. The minimum Gasteiger partial charge on any atom is -0.324 e. The van der Waals surface area contributed by atoms with Crippen LogP contribution in [0.25, 0.3) is 0 Å². The van der Waals surface area contributed by atoms with Crippen molar-refractivity contribution < 1.29 is 4.79 Å². The number of carbonyl (C=O) groups excluding carboxylic acids is 1. The van der Waals surface area contributed by atoms with E-state index in [1.165, 1.54) is 6.42 Å². The first-order valence-electron chi connectivity index (χ1n) is 5.55. The standard InChI is InChI=1S/C12H13BrClNOS/c13-11-8(14)4-3-5-9(11)15-12(16)10-6-1-2-7-17-10/h3-5,10H,1-2,6-7H2,(H,15,16). The van der Waals surface area contributed by atoms with E-state index in [-0.39, 0.29) is 11.2 Å². The van der Waals surface area contributed by atoms with Gasteiger partial charge in [0.05, 0.1) is 20.4 Å². The number of hydrogen-bond donors (Lipinski definition) is 1. The Hall–Kier alpha value is -0.190. The van der Waals surface area contributed by atoms with Gasteiger partial charge in [0.15, 0.2) is 0 Å². The molecule has 1 aliphatic heterocycles. The summed E-state index contributed by atoms with van der Waals surface area (Å²) in [5.74, 6) is 1.16. The molecule has 1 aromatic carbocycles. The predicted molar refractivity (Wildman–Crippen MR) is 77.9 cm³/mol. The minimum atomic E-state index is 0.0784. The van der Waals surface area contributed by atoms with Crippen LogP contribution in [0.5, 0.6) is 0 Å². The highest BCUT2D eigenvalue weighted by Gasteiger charge is 2.22. The van der Waals surface area contributed by atoms with Crippen LogP contribution < -0.4 is 5.32 Å². The van der Waals surface area contributed by atoms with Crippen LogP contribution in [-0.2, 0) is 4.79 Å². The van der Waals surface area contributed by atoms with Crippen molar-refractivity contribution in [3.8, 4) is 0 Å². The molecule has 92 valence electrons. The number of benzene rings is 1. The molecule has 0 saturated carbocycles. The number of hydrogen-bond acceptors (Lipinski definition) is 2. The fourth-order valence-corrected chi connectivity index (χ4v) is 3.50. The molecular formula is C12H13BrClNOS. The van der Waals surface area contributed by atoms with Gasteiger partial charge in [-0.2, -0.15) is 0 Å². The molecule has 5 heteroatoms. The maximum Gasteiger partial charge on any atom is 0.237 e. The van der Waals surface area contributed by atoms with Gasteiger partial charge in [-0.15, -0.1) is 11.8 Å². The van der Waals surface area contributed by atoms with Crippen LogP contribution in [0, 0.1) is 0 Å². The predicted octanol–water partition coefficient (Wildman–Crippen LogP) is 4.33. The van der Waals surface area contributed by atoms with Gasteiger partial charge in [-0.05, 0) is 46.7 Å². The van der Waals surface area contributed by atoms with E-state index >= 15 is 0 Å². The maximum absolute atomic E-state index is 12.0. The van der Waals surface area contributed by atoms with Gasteiger partial charge >= 0.3 is 0 Å². The summed E-state index contributed by atoms with van der Waals surface area (Å²) in [6.07, 6.45) is 3.33. The normalized spacial score (nSPS) is 20.0. The summed E-state index contributed by atoms with van der Waals surface area (Å²) in [4.78, 5) is 12.0. The van der Waals surface area contributed by atoms with Gasteiger partial charge in [0.25, 0.3) is 0 Å². The molecule has 0 spiro atoms. The second-order valence-electron chi connectivity index (χ2n) is 3.95. The Bertz CT molecular complexity index is 421. The lowest BCUT2D eigenvalue weighted by Gasteiger charge is -2.20. The van der Waals surface area contributed by atoms with Crippen LogP contribution >= 0.6 is 39.3 Å². The summed E-state index contributed by atoms with van der Waals surface area (Å²) in [6, 6.07) is 5.47. The van der Waals surface area contributed by atoms with Crippen molar-refractivity contribution in [1.82, 2.24) is 0 Å². The molecule has 0 radical (unpaired) electrons. The third-order valence-corrected chi connectivity index (χ3v) is 5.46. The molecule has 17 heavy (non-hydrogen) atoms. The summed E-state index contributed by atoms with van der Waals surface area (Å²) in [5, 5.41) is 3.62. The highest BCUT2D eigenvalue weighted by molar-refractivity contribution is 9.10. The number of nitrogens with one attached hydrogen (secondary N) is 1. The monoisotopic (exact) mass is 333 g/mol. The van der Waals surface area contributed by atoms with Crippen molar-refractivity contribution in [2.24, 2.45) is 0 Å². The van der Waals surface area contributed by atoms with Gasteiger partial charge in [0.2, 0.25) is 5.91 Å².